The Bertz CT molecular complexity index is 820. The summed E-state index contributed by atoms with van der Waals surface area (Å²) in [5, 5.41) is 5.59. The van der Waals surface area contributed by atoms with Gasteiger partial charge in [0.2, 0.25) is 0 Å². The first kappa shape index (κ1) is 21.4. The highest BCUT2D eigenvalue weighted by atomic mass is 16.5. The van der Waals surface area contributed by atoms with Crippen LogP contribution in [0.4, 0.5) is 5.69 Å². The lowest BCUT2D eigenvalue weighted by Crippen LogP contribution is -2.34. The number of amides is 2. The van der Waals surface area contributed by atoms with Crippen LogP contribution in [0.1, 0.15) is 34.8 Å². The van der Waals surface area contributed by atoms with Gasteiger partial charge in [-0.1, -0.05) is 36.8 Å². The third-order valence-electron chi connectivity index (χ3n) is 4.28. The van der Waals surface area contributed by atoms with Gasteiger partial charge in [-0.25, -0.2) is 0 Å². The molecule has 0 heterocycles. The second-order valence-electron chi connectivity index (χ2n) is 6.57. The van der Waals surface area contributed by atoms with E-state index in [-0.39, 0.29) is 11.8 Å². The summed E-state index contributed by atoms with van der Waals surface area (Å²) in [7, 11) is 1.57. The van der Waals surface area contributed by atoms with Crippen molar-refractivity contribution in [1.29, 1.82) is 0 Å². The molecule has 150 valence electrons. The Morgan fingerprint density at radius 3 is 2.54 bits per heavy atom. The van der Waals surface area contributed by atoms with E-state index in [1.807, 2.05) is 39.0 Å². The average molecular weight is 384 g/mol. The van der Waals surface area contributed by atoms with Crippen LogP contribution in [0.5, 0.6) is 5.75 Å². The van der Waals surface area contributed by atoms with Crippen molar-refractivity contribution in [2.45, 2.75) is 33.3 Å². The Morgan fingerprint density at radius 2 is 1.86 bits per heavy atom. The molecule has 2 aromatic carbocycles. The lowest BCUT2D eigenvalue weighted by atomic mass is 10.1. The van der Waals surface area contributed by atoms with Crippen LogP contribution >= 0.6 is 0 Å². The van der Waals surface area contributed by atoms with Crippen LogP contribution in [-0.2, 0) is 9.53 Å². The van der Waals surface area contributed by atoms with Crippen LogP contribution < -0.4 is 15.4 Å². The summed E-state index contributed by atoms with van der Waals surface area (Å²) in [6.45, 7) is 6.66. The number of para-hydroxylation sites is 1. The summed E-state index contributed by atoms with van der Waals surface area (Å²) in [5.74, 6) is 0.120. The normalized spacial score (nSPS) is 11.6. The molecule has 6 heteroatoms. The Balaban J connectivity index is 2.11. The Morgan fingerprint density at radius 1 is 1.11 bits per heavy atom. The standard InChI is InChI=1S/C22H28N2O4/c1-5-19(28-20-11-10-15(2)14-16(20)3)22(26)24-18-9-7-6-8-17(18)21(25)23-12-13-27-4/h6-11,14,19H,5,12-13H2,1-4H3,(H,23,25)(H,24,26). The molecule has 2 N–H and O–H groups in total. The molecule has 0 saturated carbocycles. The van der Waals surface area contributed by atoms with Crippen molar-refractivity contribution in [2.24, 2.45) is 0 Å². The maximum absolute atomic E-state index is 12.8. The second-order valence-corrected chi connectivity index (χ2v) is 6.57. The molecule has 0 saturated heterocycles. The number of hydrogen-bond acceptors (Lipinski definition) is 4. The highest BCUT2D eigenvalue weighted by Crippen LogP contribution is 2.22. The van der Waals surface area contributed by atoms with E-state index >= 15 is 0 Å². The van der Waals surface area contributed by atoms with Crippen molar-refractivity contribution in [3.8, 4) is 5.75 Å². The molecule has 1 unspecified atom stereocenters. The average Bonchev–Trinajstić information content (AvgIpc) is 2.68. The predicted molar refractivity (Wildman–Crippen MR) is 110 cm³/mol. The van der Waals surface area contributed by atoms with E-state index in [1.165, 1.54) is 0 Å². The van der Waals surface area contributed by atoms with Crippen LogP contribution in [0.25, 0.3) is 0 Å². The van der Waals surface area contributed by atoms with Crippen molar-refractivity contribution >= 4 is 17.5 Å². The summed E-state index contributed by atoms with van der Waals surface area (Å²) in [6, 6.07) is 12.7. The summed E-state index contributed by atoms with van der Waals surface area (Å²) in [6.07, 6.45) is -0.160. The lowest BCUT2D eigenvalue weighted by molar-refractivity contribution is -0.122. The van der Waals surface area contributed by atoms with Crippen molar-refractivity contribution in [3.05, 3.63) is 59.2 Å². The van der Waals surface area contributed by atoms with E-state index in [4.69, 9.17) is 9.47 Å². The summed E-state index contributed by atoms with van der Waals surface area (Å²) >= 11 is 0. The first-order valence-electron chi connectivity index (χ1n) is 9.37. The highest BCUT2D eigenvalue weighted by Gasteiger charge is 2.21. The molecule has 0 aliphatic heterocycles. The molecular formula is C22H28N2O4. The number of carbonyl (C=O) groups is 2. The molecule has 2 aromatic rings. The van der Waals surface area contributed by atoms with Gasteiger partial charge in [-0.05, 0) is 44.0 Å². The molecule has 0 aliphatic rings. The molecule has 0 aromatic heterocycles. The maximum atomic E-state index is 12.8. The topological polar surface area (TPSA) is 76.7 Å². The lowest BCUT2D eigenvalue weighted by Gasteiger charge is -2.20. The number of aryl methyl sites for hydroxylation is 2. The van der Waals surface area contributed by atoms with Gasteiger partial charge in [0.05, 0.1) is 17.9 Å². The van der Waals surface area contributed by atoms with Crippen LogP contribution in [0.3, 0.4) is 0 Å². The predicted octanol–water partition coefficient (Wildman–Crippen LogP) is 3.48. The van der Waals surface area contributed by atoms with Crippen molar-refractivity contribution in [3.63, 3.8) is 0 Å². The molecule has 0 bridgehead atoms. The van der Waals surface area contributed by atoms with Gasteiger partial charge in [0, 0.05) is 13.7 Å². The number of hydrogen-bond donors (Lipinski definition) is 2. The van der Waals surface area contributed by atoms with E-state index in [0.29, 0.717) is 36.6 Å². The minimum Gasteiger partial charge on any atom is -0.480 e. The van der Waals surface area contributed by atoms with E-state index in [9.17, 15) is 9.59 Å². The molecular weight excluding hydrogens is 356 g/mol. The number of methoxy groups -OCH3 is 1. The monoisotopic (exact) mass is 384 g/mol. The number of rotatable bonds is 9. The fourth-order valence-electron chi connectivity index (χ4n) is 2.77. The van der Waals surface area contributed by atoms with Crippen LogP contribution in [0.15, 0.2) is 42.5 Å². The molecule has 0 fully saturated rings. The van der Waals surface area contributed by atoms with Crippen LogP contribution in [-0.4, -0.2) is 38.2 Å². The number of ether oxygens (including phenoxy) is 2. The van der Waals surface area contributed by atoms with Gasteiger partial charge in [-0.15, -0.1) is 0 Å². The summed E-state index contributed by atoms with van der Waals surface area (Å²) < 4.78 is 10.9. The Kier molecular flexibility index (Phi) is 8.02. The molecule has 0 radical (unpaired) electrons. The minimum absolute atomic E-state index is 0.267. The Labute approximate surface area is 166 Å². The van der Waals surface area contributed by atoms with Crippen LogP contribution in [0, 0.1) is 13.8 Å². The van der Waals surface area contributed by atoms with E-state index < -0.39 is 6.10 Å². The van der Waals surface area contributed by atoms with Gasteiger partial charge in [0.15, 0.2) is 6.10 Å². The van der Waals surface area contributed by atoms with Gasteiger partial charge in [-0.3, -0.25) is 9.59 Å². The van der Waals surface area contributed by atoms with Crippen molar-refractivity contribution in [1.82, 2.24) is 5.32 Å². The summed E-state index contributed by atoms with van der Waals surface area (Å²) in [4.78, 5) is 25.2. The number of benzene rings is 2. The zero-order valence-electron chi connectivity index (χ0n) is 16.9. The molecule has 28 heavy (non-hydrogen) atoms. The number of nitrogens with one attached hydrogen (secondary N) is 2. The fourth-order valence-corrected chi connectivity index (χ4v) is 2.77. The first-order chi connectivity index (χ1) is 13.5. The maximum Gasteiger partial charge on any atom is 0.265 e. The van der Waals surface area contributed by atoms with Gasteiger partial charge in [-0.2, -0.15) is 0 Å². The SMILES string of the molecule is CCC(Oc1ccc(C)cc1C)C(=O)Nc1ccccc1C(=O)NCCOC. The molecule has 2 amide bonds. The zero-order valence-corrected chi connectivity index (χ0v) is 16.9. The van der Waals surface area contributed by atoms with E-state index in [0.717, 1.165) is 11.1 Å². The molecule has 1 atom stereocenters. The Hall–Kier alpha value is -2.86. The van der Waals surface area contributed by atoms with Crippen LogP contribution in [0.2, 0.25) is 0 Å². The quantitative estimate of drug-likeness (QED) is 0.649. The highest BCUT2D eigenvalue weighted by molar-refractivity contribution is 6.04. The molecule has 6 nitrogen and oxygen atoms in total. The number of anilines is 1. The third kappa shape index (κ3) is 5.82. The molecule has 0 aliphatic carbocycles. The fraction of sp³-hybridized carbons (Fsp3) is 0.364. The largest absolute Gasteiger partial charge is 0.480 e. The van der Waals surface area contributed by atoms with Gasteiger partial charge < -0.3 is 20.1 Å². The third-order valence-corrected chi connectivity index (χ3v) is 4.28. The van der Waals surface area contributed by atoms with Gasteiger partial charge >= 0.3 is 0 Å². The van der Waals surface area contributed by atoms with Crippen molar-refractivity contribution in [2.75, 3.05) is 25.6 Å². The van der Waals surface area contributed by atoms with Gasteiger partial charge in [0.1, 0.15) is 5.75 Å². The minimum atomic E-state index is -0.661. The molecule has 2 rings (SSSR count). The van der Waals surface area contributed by atoms with E-state index in [2.05, 4.69) is 10.6 Å². The first-order valence-corrected chi connectivity index (χ1v) is 9.37. The molecule has 0 spiro atoms. The van der Waals surface area contributed by atoms with Crippen molar-refractivity contribution < 1.29 is 19.1 Å². The summed E-state index contributed by atoms with van der Waals surface area (Å²) in [5.41, 5.74) is 2.96. The smallest absolute Gasteiger partial charge is 0.265 e. The zero-order chi connectivity index (χ0) is 20.5. The van der Waals surface area contributed by atoms with Gasteiger partial charge in [0.25, 0.3) is 11.8 Å². The second kappa shape index (κ2) is 10.5. The van der Waals surface area contributed by atoms with E-state index in [1.54, 1.807) is 31.4 Å². The number of carbonyl (C=O) groups excluding carboxylic acids is 2.